The third-order valence-electron chi connectivity index (χ3n) is 2.09. The van der Waals surface area contributed by atoms with Gasteiger partial charge in [0, 0.05) is 29.4 Å². The molecule has 0 bridgehead atoms. The molecule has 1 N–H and O–H groups in total. The molecule has 0 aliphatic heterocycles. The van der Waals surface area contributed by atoms with Crippen LogP contribution in [0.3, 0.4) is 0 Å². The van der Waals surface area contributed by atoms with Gasteiger partial charge in [0.2, 0.25) is 5.82 Å². The number of hydrogen-bond donors (Lipinski definition) is 1. The van der Waals surface area contributed by atoms with Gasteiger partial charge in [-0.1, -0.05) is 6.07 Å². The van der Waals surface area contributed by atoms with E-state index in [1.54, 1.807) is 6.26 Å². The quantitative estimate of drug-likeness (QED) is 0.482. The molecule has 5 nitrogen and oxygen atoms in total. The fraction of sp³-hybridized carbons (Fsp3) is 0.400. The highest BCUT2D eigenvalue weighted by molar-refractivity contribution is 7.84. The third kappa shape index (κ3) is 4.10. The van der Waals surface area contributed by atoms with Crippen LogP contribution in [-0.2, 0) is 10.8 Å². The van der Waals surface area contributed by atoms with Crippen molar-refractivity contribution < 1.29 is 13.5 Å². The number of para-hydroxylation sites is 1. The summed E-state index contributed by atoms with van der Waals surface area (Å²) in [5, 5.41) is 13.4. The van der Waals surface area contributed by atoms with Crippen LogP contribution < -0.4 is 5.32 Å². The lowest BCUT2D eigenvalue weighted by atomic mass is 10.2. The summed E-state index contributed by atoms with van der Waals surface area (Å²) in [4.78, 5) is 9.91. The molecule has 7 heteroatoms. The van der Waals surface area contributed by atoms with Gasteiger partial charge in [-0.3, -0.25) is 14.3 Å². The summed E-state index contributed by atoms with van der Waals surface area (Å²) >= 11 is 0. The van der Waals surface area contributed by atoms with Gasteiger partial charge in [-0.25, -0.2) is 0 Å². The average Bonchev–Trinajstić information content (AvgIpc) is 2.23. The Morgan fingerprint density at radius 3 is 2.82 bits per heavy atom. The van der Waals surface area contributed by atoms with Gasteiger partial charge < -0.3 is 5.32 Å². The molecular weight excluding hydrogens is 247 g/mol. The van der Waals surface area contributed by atoms with E-state index >= 15 is 0 Å². The summed E-state index contributed by atoms with van der Waals surface area (Å²) in [5.74, 6) is -0.352. The molecule has 1 aromatic rings. The molecule has 0 heterocycles. The summed E-state index contributed by atoms with van der Waals surface area (Å²) < 4.78 is 24.0. The second-order valence-corrected chi connectivity index (χ2v) is 5.01. The molecule has 1 rings (SSSR count). The first-order chi connectivity index (χ1) is 8.02. The van der Waals surface area contributed by atoms with Crippen molar-refractivity contribution in [3.05, 3.63) is 34.1 Å². The number of nitro groups is 1. The zero-order valence-corrected chi connectivity index (χ0v) is 10.1. The van der Waals surface area contributed by atoms with Crippen molar-refractivity contribution >= 4 is 22.2 Å². The molecule has 0 aromatic heterocycles. The van der Waals surface area contributed by atoms with E-state index < -0.39 is 27.2 Å². The highest BCUT2D eigenvalue weighted by Crippen LogP contribution is 2.26. The largest absolute Gasteiger partial charge is 0.379 e. The van der Waals surface area contributed by atoms with Gasteiger partial charge >= 0.3 is 5.69 Å². The molecule has 0 saturated heterocycles. The summed E-state index contributed by atoms with van der Waals surface area (Å²) in [6.45, 7) is 0.421. The third-order valence-corrected chi connectivity index (χ3v) is 2.96. The minimum Gasteiger partial charge on any atom is -0.379 e. The topological polar surface area (TPSA) is 72.2 Å². The van der Waals surface area contributed by atoms with Crippen molar-refractivity contribution in [1.82, 2.24) is 0 Å². The summed E-state index contributed by atoms with van der Waals surface area (Å²) in [6, 6.07) is 3.90. The molecule has 0 aliphatic carbocycles. The Balaban J connectivity index is 2.67. The highest BCUT2D eigenvalue weighted by atomic mass is 32.2. The number of halogens is 1. The molecule has 1 atom stereocenters. The van der Waals surface area contributed by atoms with Crippen LogP contribution in [-0.4, -0.2) is 27.7 Å². The normalized spacial score (nSPS) is 12.1. The Labute approximate surface area is 101 Å². The number of nitrogens with zero attached hydrogens (tertiary/aromatic N) is 1. The summed E-state index contributed by atoms with van der Waals surface area (Å²) in [7, 11) is -0.890. The van der Waals surface area contributed by atoms with Crippen molar-refractivity contribution in [2.45, 2.75) is 6.42 Å². The number of hydrogen-bond acceptors (Lipinski definition) is 4. The second-order valence-electron chi connectivity index (χ2n) is 3.45. The van der Waals surface area contributed by atoms with Crippen LogP contribution in [0.25, 0.3) is 0 Å². The van der Waals surface area contributed by atoms with Crippen molar-refractivity contribution in [3.8, 4) is 0 Å². The Morgan fingerprint density at radius 2 is 2.24 bits per heavy atom. The monoisotopic (exact) mass is 260 g/mol. The van der Waals surface area contributed by atoms with Crippen LogP contribution in [0.5, 0.6) is 0 Å². The van der Waals surface area contributed by atoms with Gasteiger partial charge in [-0.2, -0.15) is 4.39 Å². The number of nitrogens with one attached hydrogen (secondary N) is 1. The predicted molar refractivity (Wildman–Crippen MR) is 65.1 cm³/mol. The summed E-state index contributed by atoms with van der Waals surface area (Å²) in [5.41, 5.74) is -0.401. The van der Waals surface area contributed by atoms with E-state index in [-0.39, 0.29) is 5.69 Å². The lowest BCUT2D eigenvalue weighted by Crippen LogP contribution is -2.08. The SMILES string of the molecule is CS(=O)CCCNc1cccc(F)c1[N+](=O)[O-]. The van der Waals surface area contributed by atoms with Crippen LogP contribution in [0.15, 0.2) is 18.2 Å². The van der Waals surface area contributed by atoms with E-state index in [1.807, 2.05) is 0 Å². The first-order valence-corrected chi connectivity index (χ1v) is 6.72. The first kappa shape index (κ1) is 13.6. The highest BCUT2D eigenvalue weighted by Gasteiger charge is 2.19. The molecular formula is C10H13FN2O3S. The fourth-order valence-electron chi connectivity index (χ4n) is 1.34. The Kier molecular flexibility index (Phi) is 5.02. The first-order valence-electron chi connectivity index (χ1n) is 4.99. The molecule has 1 unspecified atom stereocenters. The number of rotatable bonds is 6. The molecule has 17 heavy (non-hydrogen) atoms. The second kappa shape index (κ2) is 6.29. The van der Waals surface area contributed by atoms with E-state index in [2.05, 4.69) is 5.32 Å². The summed E-state index contributed by atoms with van der Waals surface area (Å²) in [6.07, 6.45) is 2.20. The van der Waals surface area contributed by atoms with Crippen molar-refractivity contribution in [2.24, 2.45) is 0 Å². The van der Waals surface area contributed by atoms with Gasteiger partial charge in [0.15, 0.2) is 0 Å². The van der Waals surface area contributed by atoms with Crippen molar-refractivity contribution in [1.29, 1.82) is 0 Å². The zero-order chi connectivity index (χ0) is 12.8. The molecule has 0 fully saturated rings. The lowest BCUT2D eigenvalue weighted by molar-refractivity contribution is -0.386. The molecule has 0 radical (unpaired) electrons. The molecule has 0 saturated carbocycles. The van der Waals surface area contributed by atoms with Gasteiger partial charge in [-0.15, -0.1) is 0 Å². The molecule has 0 spiro atoms. The molecule has 0 aliphatic rings. The fourth-order valence-corrected chi connectivity index (χ4v) is 1.89. The van der Waals surface area contributed by atoms with Crippen LogP contribution in [0.4, 0.5) is 15.8 Å². The predicted octanol–water partition coefficient (Wildman–Crippen LogP) is 1.91. The molecule has 94 valence electrons. The molecule has 0 amide bonds. The van der Waals surface area contributed by atoms with Crippen LogP contribution in [0.2, 0.25) is 0 Å². The smallest absolute Gasteiger partial charge is 0.327 e. The number of nitro benzene ring substituents is 1. The van der Waals surface area contributed by atoms with Crippen LogP contribution in [0, 0.1) is 15.9 Å². The van der Waals surface area contributed by atoms with E-state index in [1.165, 1.54) is 12.1 Å². The minimum absolute atomic E-state index is 0.150. The standard InChI is InChI=1S/C10H13FN2O3S/c1-17(16)7-3-6-12-9-5-2-4-8(11)10(9)13(14)15/h2,4-5,12H,3,6-7H2,1H3. The van der Waals surface area contributed by atoms with Crippen molar-refractivity contribution in [2.75, 3.05) is 23.9 Å². The van der Waals surface area contributed by atoms with Crippen molar-refractivity contribution in [3.63, 3.8) is 0 Å². The zero-order valence-electron chi connectivity index (χ0n) is 9.31. The minimum atomic E-state index is -0.890. The van der Waals surface area contributed by atoms with Crippen LogP contribution in [0.1, 0.15) is 6.42 Å². The van der Waals surface area contributed by atoms with E-state index in [4.69, 9.17) is 0 Å². The number of anilines is 1. The lowest BCUT2D eigenvalue weighted by Gasteiger charge is -2.06. The Bertz CT molecular complexity index is 440. The van der Waals surface area contributed by atoms with Gasteiger partial charge in [0.25, 0.3) is 0 Å². The number of benzene rings is 1. The Morgan fingerprint density at radius 1 is 1.53 bits per heavy atom. The van der Waals surface area contributed by atoms with Gasteiger partial charge in [0.1, 0.15) is 5.69 Å². The Hall–Kier alpha value is -1.50. The molecule has 1 aromatic carbocycles. The van der Waals surface area contributed by atoms with E-state index in [0.717, 1.165) is 6.07 Å². The van der Waals surface area contributed by atoms with Crippen LogP contribution >= 0.6 is 0 Å². The van der Waals surface area contributed by atoms with Gasteiger partial charge in [-0.05, 0) is 18.6 Å². The van der Waals surface area contributed by atoms with E-state index in [0.29, 0.717) is 18.7 Å². The van der Waals surface area contributed by atoms with E-state index in [9.17, 15) is 18.7 Å². The maximum absolute atomic E-state index is 13.2. The average molecular weight is 260 g/mol. The maximum Gasteiger partial charge on any atom is 0.327 e. The van der Waals surface area contributed by atoms with Gasteiger partial charge in [0.05, 0.1) is 4.92 Å². The maximum atomic E-state index is 13.2.